The Hall–Kier alpha value is -2.69. The number of amides is 1. The normalized spacial score (nSPS) is 14.0. The number of rotatable bonds is 8. The fraction of sp³-hybridized carbons (Fsp3) is 0.409. The number of nitrogens with one attached hydrogen (secondary N) is 1. The van der Waals surface area contributed by atoms with Crippen LogP contribution in [0.3, 0.4) is 0 Å². The van der Waals surface area contributed by atoms with Crippen molar-refractivity contribution in [3.8, 4) is 17.2 Å². The van der Waals surface area contributed by atoms with Gasteiger partial charge in [0.05, 0.1) is 26.0 Å². The van der Waals surface area contributed by atoms with Crippen molar-refractivity contribution >= 4 is 11.6 Å². The number of methoxy groups -OCH3 is 2. The zero-order chi connectivity index (χ0) is 19.1. The summed E-state index contributed by atoms with van der Waals surface area (Å²) < 4.78 is 16.6. The molecule has 1 fully saturated rings. The zero-order valence-corrected chi connectivity index (χ0v) is 16.0. The lowest BCUT2D eigenvalue weighted by molar-refractivity contribution is -0.116. The molecule has 1 amide bonds. The van der Waals surface area contributed by atoms with Crippen LogP contribution in [0.2, 0.25) is 0 Å². The van der Waals surface area contributed by atoms with E-state index in [0.717, 1.165) is 24.2 Å². The zero-order valence-electron chi connectivity index (χ0n) is 16.0. The van der Waals surface area contributed by atoms with Crippen LogP contribution in [0.15, 0.2) is 42.5 Å². The quantitative estimate of drug-likeness (QED) is 0.739. The maximum absolute atomic E-state index is 12.4. The van der Waals surface area contributed by atoms with E-state index in [1.807, 2.05) is 24.3 Å². The number of carbonyl (C=O) groups excluding carboxylic acids is 1. The Balaban J connectivity index is 1.56. The predicted octanol–water partition coefficient (Wildman–Crippen LogP) is 4.60. The summed E-state index contributed by atoms with van der Waals surface area (Å²) in [5.74, 6) is 2.11. The number of anilines is 1. The van der Waals surface area contributed by atoms with Gasteiger partial charge < -0.3 is 19.5 Å². The van der Waals surface area contributed by atoms with Crippen molar-refractivity contribution in [2.45, 2.75) is 44.6 Å². The van der Waals surface area contributed by atoms with Gasteiger partial charge in [-0.05, 0) is 61.9 Å². The molecule has 27 heavy (non-hydrogen) atoms. The SMILES string of the molecule is COc1ccc(OC)c(NC(=O)CCc2cccc(OC3CCCC3)c2)c1. The van der Waals surface area contributed by atoms with Crippen LogP contribution in [0.4, 0.5) is 5.69 Å². The van der Waals surface area contributed by atoms with Gasteiger partial charge in [0.15, 0.2) is 0 Å². The van der Waals surface area contributed by atoms with Crippen molar-refractivity contribution in [2.75, 3.05) is 19.5 Å². The molecule has 2 aromatic rings. The second kappa shape index (κ2) is 9.31. The Kier molecular flexibility index (Phi) is 6.58. The number of ether oxygens (including phenoxy) is 3. The Bertz CT molecular complexity index is 769. The summed E-state index contributed by atoms with van der Waals surface area (Å²) in [7, 11) is 3.17. The van der Waals surface area contributed by atoms with Crippen LogP contribution in [0.1, 0.15) is 37.7 Å². The Labute approximate surface area is 160 Å². The lowest BCUT2D eigenvalue weighted by Crippen LogP contribution is -2.13. The van der Waals surface area contributed by atoms with E-state index in [4.69, 9.17) is 14.2 Å². The number of hydrogen-bond acceptors (Lipinski definition) is 4. The summed E-state index contributed by atoms with van der Waals surface area (Å²) in [4.78, 5) is 12.4. The Morgan fingerprint density at radius 1 is 1.04 bits per heavy atom. The molecular formula is C22H27NO4. The van der Waals surface area contributed by atoms with Crippen molar-refractivity contribution in [1.82, 2.24) is 0 Å². The van der Waals surface area contributed by atoms with Gasteiger partial charge in [-0.2, -0.15) is 0 Å². The average Bonchev–Trinajstić information content (AvgIpc) is 3.19. The summed E-state index contributed by atoms with van der Waals surface area (Å²) in [5, 5.41) is 2.90. The summed E-state index contributed by atoms with van der Waals surface area (Å²) in [6.45, 7) is 0. The maximum atomic E-state index is 12.4. The van der Waals surface area contributed by atoms with E-state index < -0.39 is 0 Å². The molecular weight excluding hydrogens is 342 g/mol. The first-order chi connectivity index (χ1) is 13.2. The number of benzene rings is 2. The van der Waals surface area contributed by atoms with Crippen LogP contribution in [0.5, 0.6) is 17.2 Å². The standard InChI is InChI=1S/C22H27NO4/c1-25-18-11-12-21(26-2)20(15-18)23-22(24)13-10-16-6-5-9-19(14-16)27-17-7-3-4-8-17/h5-6,9,11-12,14-15,17H,3-4,7-8,10,13H2,1-2H3,(H,23,24). The fourth-order valence-corrected chi connectivity index (χ4v) is 3.36. The topological polar surface area (TPSA) is 56.8 Å². The van der Waals surface area contributed by atoms with Gasteiger partial charge in [-0.25, -0.2) is 0 Å². The Morgan fingerprint density at radius 2 is 1.85 bits per heavy atom. The molecule has 0 atom stereocenters. The second-order valence-electron chi connectivity index (χ2n) is 6.79. The minimum atomic E-state index is -0.0660. The molecule has 1 N–H and O–H groups in total. The van der Waals surface area contributed by atoms with Crippen molar-refractivity contribution < 1.29 is 19.0 Å². The van der Waals surface area contributed by atoms with Gasteiger partial charge in [-0.1, -0.05) is 12.1 Å². The molecule has 1 saturated carbocycles. The van der Waals surface area contributed by atoms with E-state index >= 15 is 0 Å². The van der Waals surface area contributed by atoms with Crippen LogP contribution < -0.4 is 19.5 Å². The molecule has 5 nitrogen and oxygen atoms in total. The lowest BCUT2D eigenvalue weighted by Gasteiger charge is -2.14. The van der Waals surface area contributed by atoms with Crippen molar-refractivity contribution in [1.29, 1.82) is 0 Å². The van der Waals surface area contributed by atoms with E-state index in [0.29, 0.717) is 36.1 Å². The highest BCUT2D eigenvalue weighted by molar-refractivity contribution is 5.92. The minimum Gasteiger partial charge on any atom is -0.497 e. The van der Waals surface area contributed by atoms with Gasteiger partial charge in [0, 0.05) is 12.5 Å². The molecule has 0 aromatic heterocycles. The first-order valence-corrected chi connectivity index (χ1v) is 9.45. The molecule has 5 heteroatoms. The van der Waals surface area contributed by atoms with Gasteiger partial charge in [0.2, 0.25) is 5.91 Å². The van der Waals surface area contributed by atoms with Crippen LogP contribution in [-0.2, 0) is 11.2 Å². The summed E-state index contributed by atoms with van der Waals surface area (Å²) in [5.41, 5.74) is 1.71. The third kappa shape index (κ3) is 5.39. The molecule has 0 aliphatic heterocycles. The first-order valence-electron chi connectivity index (χ1n) is 9.45. The van der Waals surface area contributed by atoms with Crippen molar-refractivity contribution in [3.05, 3.63) is 48.0 Å². The molecule has 0 unspecified atom stereocenters. The van der Waals surface area contributed by atoms with Crippen molar-refractivity contribution in [3.63, 3.8) is 0 Å². The maximum Gasteiger partial charge on any atom is 0.224 e. The first kappa shape index (κ1) is 19.1. The molecule has 1 aliphatic rings. The van der Waals surface area contributed by atoms with Crippen LogP contribution in [-0.4, -0.2) is 26.2 Å². The third-order valence-corrected chi connectivity index (χ3v) is 4.82. The predicted molar refractivity (Wildman–Crippen MR) is 106 cm³/mol. The molecule has 2 aromatic carbocycles. The molecule has 3 rings (SSSR count). The number of hydrogen-bond donors (Lipinski definition) is 1. The van der Waals surface area contributed by atoms with Crippen LogP contribution >= 0.6 is 0 Å². The summed E-state index contributed by atoms with van der Waals surface area (Å²) >= 11 is 0. The average molecular weight is 369 g/mol. The molecule has 0 heterocycles. The second-order valence-corrected chi connectivity index (χ2v) is 6.79. The van der Waals surface area contributed by atoms with E-state index in [1.54, 1.807) is 32.4 Å². The lowest BCUT2D eigenvalue weighted by atomic mass is 10.1. The van der Waals surface area contributed by atoms with E-state index in [1.165, 1.54) is 12.8 Å². The monoisotopic (exact) mass is 369 g/mol. The highest BCUT2D eigenvalue weighted by Crippen LogP contribution is 2.29. The van der Waals surface area contributed by atoms with E-state index in [2.05, 4.69) is 5.32 Å². The van der Waals surface area contributed by atoms with E-state index in [9.17, 15) is 4.79 Å². The largest absolute Gasteiger partial charge is 0.497 e. The van der Waals surface area contributed by atoms with Crippen LogP contribution in [0, 0.1) is 0 Å². The minimum absolute atomic E-state index is 0.0660. The van der Waals surface area contributed by atoms with Gasteiger partial charge in [-0.3, -0.25) is 4.79 Å². The molecule has 0 saturated heterocycles. The van der Waals surface area contributed by atoms with E-state index in [-0.39, 0.29) is 5.91 Å². The molecule has 144 valence electrons. The summed E-state index contributed by atoms with van der Waals surface area (Å²) in [6, 6.07) is 13.4. The van der Waals surface area contributed by atoms with Gasteiger partial charge in [0.25, 0.3) is 0 Å². The van der Waals surface area contributed by atoms with Crippen molar-refractivity contribution in [2.24, 2.45) is 0 Å². The number of carbonyl (C=O) groups is 1. The molecule has 0 radical (unpaired) electrons. The number of aryl methyl sites for hydroxylation is 1. The van der Waals surface area contributed by atoms with Gasteiger partial charge in [0.1, 0.15) is 17.2 Å². The molecule has 0 spiro atoms. The van der Waals surface area contributed by atoms with Crippen LogP contribution in [0.25, 0.3) is 0 Å². The summed E-state index contributed by atoms with van der Waals surface area (Å²) in [6.07, 6.45) is 6.14. The highest BCUT2D eigenvalue weighted by Gasteiger charge is 2.16. The molecule has 0 bridgehead atoms. The van der Waals surface area contributed by atoms with Gasteiger partial charge >= 0.3 is 0 Å². The van der Waals surface area contributed by atoms with Gasteiger partial charge in [-0.15, -0.1) is 0 Å². The third-order valence-electron chi connectivity index (χ3n) is 4.82. The molecule has 1 aliphatic carbocycles. The highest BCUT2D eigenvalue weighted by atomic mass is 16.5. The Morgan fingerprint density at radius 3 is 2.59 bits per heavy atom. The smallest absolute Gasteiger partial charge is 0.224 e. The fourth-order valence-electron chi connectivity index (χ4n) is 3.36.